The zero-order valence-electron chi connectivity index (χ0n) is 8.59. The Hall–Kier alpha value is -1.40. The maximum Gasteiger partial charge on any atom is 0.338 e. The van der Waals surface area contributed by atoms with Crippen molar-refractivity contribution in [3.63, 3.8) is 0 Å². The van der Waals surface area contributed by atoms with Crippen LogP contribution < -0.4 is 0 Å². The number of carbonyl (C=O) groups is 1. The van der Waals surface area contributed by atoms with E-state index < -0.39 is 11.8 Å². The van der Waals surface area contributed by atoms with E-state index in [4.69, 9.17) is 5.11 Å². The van der Waals surface area contributed by atoms with E-state index >= 15 is 0 Å². The van der Waals surface area contributed by atoms with E-state index in [1.165, 1.54) is 35.2 Å². The largest absolute Gasteiger partial charge is 0.478 e. The van der Waals surface area contributed by atoms with Crippen molar-refractivity contribution in [2.24, 2.45) is 0 Å². The molecular formula is C11H8FNO2S2. The molecule has 88 valence electrons. The molecule has 0 aliphatic rings. The smallest absolute Gasteiger partial charge is 0.338 e. The fourth-order valence-corrected chi connectivity index (χ4v) is 2.73. The highest BCUT2D eigenvalue weighted by Gasteiger charge is 2.11. The van der Waals surface area contributed by atoms with Gasteiger partial charge in [-0.25, -0.2) is 14.2 Å². The summed E-state index contributed by atoms with van der Waals surface area (Å²) < 4.78 is 13.1. The first-order valence-corrected chi connectivity index (χ1v) is 6.62. The average Bonchev–Trinajstić information content (AvgIpc) is 2.80. The number of thiazole rings is 1. The van der Waals surface area contributed by atoms with Crippen LogP contribution in [0.2, 0.25) is 0 Å². The quantitative estimate of drug-likeness (QED) is 0.865. The van der Waals surface area contributed by atoms with Gasteiger partial charge in [0.2, 0.25) is 0 Å². The lowest BCUT2D eigenvalue weighted by Crippen LogP contribution is -2.00. The fraction of sp³-hybridized carbons (Fsp3) is 0.0909. The molecule has 0 bridgehead atoms. The number of halogens is 1. The molecule has 0 fully saturated rings. The molecule has 0 saturated carbocycles. The number of hydrogen-bond acceptors (Lipinski definition) is 4. The number of rotatable bonds is 4. The summed E-state index contributed by atoms with van der Waals surface area (Å²) >= 11 is 2.94. The number of benzene rings is 1. The Morgan fingerprint density at radius 2 is 2.35 bits per heavy atom. The zero-order valence-corrected chi connectivity index (χ0v) is 10.2. The van der Waals surface area contributed by atoms with Gasteiger partial charge >= 0.3 is 5.97 Å². The average molecular weight is 269 g/mol. The SMILES string of the molecule is O=C(O)c1cc(SCc2cscn2)ccc1F. The minimum Gasteiger partial charge on any atom is -0.478 e. The van der Waals surface area contributed by atoms with Crippen molar-refractivity contribution >= 4 is 29.1 Å². The third-order valence-corrected chi connectivity index (χ3v) is 3.70. The lowest BCUT2D eigenvalue weighted by Gasteiger charge is -2.02. The van der Waals surface area contributed by atoms with Crippen molar-refractivity contribution in [2.45, 2.75) is 10.6 Å². The first-order chi connectivity index (χ1) is 8.16. The molecule has 0 saturated heterocycles. The molecule has 0 amide bonds. The van der Waals surface area contributed by atoms with Gasteiger partial charge in [0.25, 0.3) is 0 Å². The second kappa shape index (κ2) is 5.29. The van der Waals surface area contributed by atoms with Crippen LogP contribution in [0, 0.1) is 5.82 Å². The minimum absolute atomic E-state index is 0.298. The monoisotopic (exact) mass is 269 g/mol. The molecule has 2 rings (SSSR count). The number of aromatic nitrogens is 1. The molecule has 0 unspecified atom stereocenters. The van der Waals surface area contributed by atoms with Crippen LogP contribution in [0.25, 0.3) is 0 Å². The molecule has 0 spiro atoms. The number of carboxylic acids is 1. The maximum absolute atomic E-state index is 13.1. The highest BCUT2D eigenvalue weighted by molar-refractivity contribution is 7.98. The highest BCUT2D eigenvalue weighted by atomic mass is 32.2. The number of hydrogen-bond donors (Lipinski definition) is 1. The van der Waals surface area contributed by atoms with Crippen molar-refractivity contribution in [3.05, 3.63) is 46.2 Å². The predicted molar refractivity (Wildman–Crippen MR) is 65.0 cm³/mol. The van der Waals surface area contributed by atoms with Crippen molar-refractivity contribution in [2.75, 3.05) is 0 Å². The highest BCUT2D eigenvalue weighted by Crippen LogP contribution is 2.24. The summed E-state index contributed by atoms with van der Waals surface area (Å²) in [6.45, 7) is 0. The van der Waals surface area contributed by atoms with Crippen molar-refractivity contribution in [3.8, 4) is 0 Å². The molecule has 0 radical (unpaired) electrons. The lowest BCUT2D eigenvalue weighted by molar-refractivity contribution is 0.0691. The number of thioether (sulfide) groups is 1. The topological polar surface area (TPSA) is 50.2 Å². The van der Waals surface area contributed by atoms with E-state index in [2.05, 4.69) is 4.98 Å². The fourth-order valence-electron chi connectivity index (χ4n) is 1.22. The number of nitrogens with zero attached hydrogens (tertiary/aromatic N) is 1. The van der Waals surface area contributed by atoms with Gasteiger partial charge in [0.1, 0.15) is 5.82 Å². The summed E-state index contributed by atoms with van der Waals surface area (Å²) in [5.74, 6) is -1.32. The molecule has 1 N–H and O–H groups in total. The lowest BCUT2D eigenvalue weighted by atomic mass is 10.2. The van der Waals surface area contributed by atoms with E-state index in [1.807, 2.05) is 5.38 Å². The van der Waals surface area contributed by atoms with E-state index in [-0.39, 0.29) is 5.56 Å². The van der Waals surface area contributed by atoms with Crippen molar-refractivity contribution < 1.29 is 14.3 Å². The van der Waals surface area contributed by atoms with Gasteiger partial charge in [-0.1, -0.05) is 0 Å². The van der Waals surface area contributed by atoms with Crippen LogP contribution >= 0.6 is 23.1 Å². The van der Waals surface area contributed by atoms with Crippen molar-refractivity contribution in [1.82, 2.24) is 4.98 Å². The second-order valence-electron chi connectivity index (χ2n) is 3.22. The number of carboxylic acid groups (broad SMARTS) is 1. The van der Waals surface area contributed by atoms with E-state index in [1.54, 1.807) is 11.6 Å². The Morgan fingerprint density at radius 1 is 1.53 bits per heavy atom. The molecule has 17 heavy (non-hydrogen) atoms. The van der Waals surface area contributed by atoms with E-state index in [0.717, 1.165) is 10.6 Å². The molecule has 2 aromatic rings. The Bertz CT molecular complexity index is 528. The molecule has 3 nitrogen and oxygen atoms in total. The third kappa shape index (κ3) is 3.04. The van der Waals surface area contributed by atoms with Crippen molar-refractivity contribution in [1.29, 1.82) is 0 Å². The van der Waals surface area contributed by atoms with Gasteiger partial charge in [-0.05, 0) is 18.2 Å². The Kier molecular flexibility index (Phi) is 3.75. The molecule has 1 heterocycles. The molecule has 0 aliphatic carbocycles. The minimum atomic E-state index is -1.25. The Labute approximate surface area is 105 Å². The van der Waals surface area contributed by atoms with E-state index in [0.29, 0.717) is 5.75 Å². The molecule has 0 atom stereocenters. The van der Waals surface area contributed by atoms with Gasteiger partial charge in [-0.2, -0.15) is 0 Å². The molecule has 1 aromatic carbocycles. The van der Waals surface area contributed by atoms with Gasteiger partial charge in [0.15, 0.2) is 0 Å². The Balaban J connectivity index is 2.11. The van der Waals surface area contributed by atoms with Gasteiger partial charge in [0.05, 0.1) is 16.8 Å². The maximum atomic E-state index is 13.1. The zero-order chi connectivity index (χ0) is 12.3. The van der Waals surface area contributed by atoms with Crippen LogP contribution in [0.3, 0.4) is 0 Å². The number of aromatic carboxylic acids is 1. The summed E-state index contributed by atoms with van der Waals surface area (Å²) in [7, 11) is 0. The second-order valence-corrected chi connectivity index (χ2v) is 4.98. The summed E-state index contributed by atoms with van der Waals surface area (Å²) in [5, 5.41) is 10.7. The van der Waals surface area contributed by atoms with Crippen LogP contribution in [-0.2, 0) is 5.75 Å². The predicted octanol–water partition coefficient (Wildman–Crippen LogP) is 3.27. The van der Waals surface area contributed by atoms with Gasteiger partial charge in [-0.3, -0.25) is 0 Å². The molecule has 1 aromatic heterocycles. The van der Waals surface area contributed by atoms with Crippen LogP contribution in [0.4, 0.5) is 4.39 Å². The van der Waals surface area contributed by atoms with Crippen LogP contribution in [-0.4, -0.2) is 16.1 Å². The normalized spacial score (nSPS) is 10.4. The van der Waals surface area contributed by atoms with Crippen LogP contribution in [0.1, 0.15) is 16.1 Å². The molecular weight excluding hydrogens is 261 g/mol. The van der Waals surface area contributed by atoms with E-state index in [9.17, 15) is 9.18 Å². The third-order valence-electron chi connectivity index (χ3n) is 2.04. The van der Waals surface area contributed by atoms with Crippen LogP contribution in [0.15, 0.2) is 34.0 Å². The summed E-state index contributed by atoms with van der Waals surface area (Å²) in [4.78, 5) is 15.6. The molecule has 6 heteroatoms. The Morgan fingerprint density at radius 3 is 3.00 bits per heavy atom. The van der Waals surface area contributed by atoms with Crippen LogP contribution in [0.5, 0.6) is 0 Å². The van der Waals surface area contributed by atoms with Gasteiger partial charge in [0, 0.05) is 16.0 Å². The van der Waals surface area contributed by atoms with Gasteiger partial charge < -0.3 is 5.11 Å². The van der Waals surface area contributed by atoms with Gasteiger partial charge in [-0.15, -0.1) is 23.1 Å². The first kappa shape index (κ1) is 12.1. The summed E-state index contributed by atoms with van der Waals surface area (Å²) in [6, 6.07) is 4.08. The summed E-state index contributed by atoms with van der Waals surface area (Å²) in [5.41, 5.74) is 2.37. The molecule has 0 aliphatic heterocycles. The first-order valence-electron chi connectivity index (χ1n) is 4.69. The standard InChI is InChI=1S/C11H8FNO2S2/c12-10-2-1-8(3-9(10)11(14)15)17-5-7-4-16-6-13-7/h1-4,6H,5H2,(H,14,15). The summed E-state index contributed by atoms with van der Waals surface area (Å²) in [6.07, 6.45) is 0.